The lowest BCUT2D eigenvalue weighted by Gasteiger charge is -2.22. The first-order valence-electron chi connectivity index (χ1n) is 7.64. The summed E-state index contributed by atoms with van der Waals surface area (Å²) in [6, 6.07) is 5.72. The van der Waals surface area contributed by atoms with E-state index in [-0.39, 0.29) is 24.0 Å². The quantitative estimate of drug-likeness (QED) is 0.315. The van der Waals surface area contributed by atoms with Crippen molar-refractivity contribution in [2.45, 2.75) is 19.6 Å². The number of rotatable bonds is 6. The van der Waals surface area contributed by atoms with Crippen LogP contribution in [0.15, 0.2) is 33.9 Å². The van der Waals surface area contributed by atoms with Gasteiger partial charge in [-0.05, 0) is 41.1 Å². The molecule has 1 atom stereocenters. The fraction of sp³-hybridized carbons (Fsp3) is 0.438. The maximum absolute atomic E-state index is 10.3. The predicted molar refractivity (Wildman–Crippen MR) is 120 cm³/mol. The molecule has 0 aliphatic heterocycles. The van der Waals surface area contributed by atoms with Crippen LogP contribution in [0.5, 0.6) is 0 Å². The van der Waals surface area contributed by atoms with Gasteiger partial charge in [0.2, 0.25) is 0 Å². The Kier molecular flexibility index (Phi) is 9.79. The van der Waals surface area contributed by atoms with Crippen molar-refractivity contribution in [1.29, 1.82) is 0 Å². The Balaban J connectivity index is 0.00000312. The van der Waals surface area contributed by atoms with Crippen LogP contribution in [0, 0.1) is 0 Å². The number of aryl methyl sites for hydroxylation is 1. The number of halogens is 3. The van der Waals surface area contributed by atoms with Crippen molar-refractivity contribution in [3.8, 4) is 0 Å². The third-order valence-corrected chi connectivity index (χ3v) is 5.27. The number of nitrogens with zero attached hydrogens (tertiary/aromatic N) is 3. The smallest absolute Gasteiger partial charge is 0.194 e. The van der Waals surface area contributed by atoms with Crippen molar-refractivity contribution >= 4 is 68.8 Å². The Morgan fingerprint density at radius 2 is 2.24 bits per heavy atom. The minimum absolute atomic E-state index is 0. The average molecular weight is 562 g/mol. The van der Waals surface area contributed by atoms with Crippen molar-refractivity contribution < 1.29 is 5.11 Å². The Morgan fingerprint density at radius 3 is 2.76 bits per heavy atom. The monoisotopic (exact) mass is 560 g/mol. The van der Waals surface area contributed by atoms with Crippen LogP contribution in [0.2, 0.25) is 4.34 Å². The summed E-state index contributed by atoms with van der Waals surface area (Å²) in [5.41, 5.74) is 1.17. The van der Waals surface area contributed by atoms with Crippen molar-refractivity contribution in [2.24, 2.45) is 12.0 Å². The molecule has 0 saturated heterocycles. The van der Waals surface area contributed by atoms with Gasteiger partial charge in [0.15, 0.2) is 5.96 Å². The maximum Gasteiger partial charge on any atom is 0.194 e. The van der Waals surface area contributed by atoms with Crippen molar-refractivity contribution in [2.75, 3.05) is 20.1 Å². The SMILES string of the molecule is CCNC(=NCC(O)c1ccc(Cl)s1)N(C)Cc1cc(Br)cn1C.I. The molecule has 0 amide bonds. The summed E-state index contributed by atoms with van der Waals surface area (Å²) in [6.07, 6.45) is 1.38. The summed E-state index contributed by atoms with van der Waals surface area (Å²) >= 11 is 10.8. The lowest BCUT2D eigenvalue weighted by atomic mass is 10.3. The second-order valence-corrected chi connectivity index (χ2v) is 8.13. The lowest BCUT2D eigenvalue weighted by Crippen LogP contribution is -2.39. The van der Waals surface area contributed by atoms with Crippen molar-refractivity contribution in [1.82, 2.24) is 14.8 Å². The molecule has 2 heterocycles. The number of thiophene rings is 1. The number of aromatic nitrogens is 1. The molecule has 0 fully saturated rings. The van der Waals surface area contributed by atoms with E-state index >= 15 is 0 Å². The topological polar surface area (TPSA) is 52.8 Å². The lowest BCUT2D eigenvalue weighted by molar-refractivity contribution is 0.190. The Bertz CT molecular complexity index is 706. The van der Waals surface area contributed by atoms with E-state index in [0.29, 0.717) is 10.9 Å². The molecule has 0 aliphatic rings. The normalized spacial score (nSPS) is 12.6. The van der Waals surface area contributed by atoms with E-state index in [1.54, 1.807) is 6.07 Å². The van der Waals surface area contributed by atoms with Crippen LogP contribution in [0.3, 0.4) is 0 Å². The van der Waals surface area contributed by atoms with E-state index < -0.39 is 6.10 Å². The molecule has 0 radical (unpaired) electrons. The van der Waals surface area contributed by atoms with E-state index in [2.05, 4.69) is 36.9 Å². The van der Waals surface area contributed by atoms with E-state index in [9.17, 15) is 5.11 Å². The third-order valence-electron chi connectivity index (χ3n) is 3.51. The van der Waals surface area contributed by atoms with E-state index in [1.165, 1.54) is 17.0 Å². The second-order valence-electron chi connectivity index (χ2n) is 5.47. The number of nitrogens with one attached hydrogen (secondary N) is 1. The Hall–Kier alpha value is -0.290. The molecular weight excluding hydrogens is 539 g/mol. The molecule has 0 aliphatic carbocycles. The van der Waals surface area contributed by atoms with Crippen LogP contribution in [0.25, 0.3) is 0 Å². The van der Waals surface area contributed by atoms with Gasteiger partial charge in [0, 0.05) is 41.9 Å². The van der Waals surface area contributed by atoms with Crippen molar-refractivity contribution in [3.05, 3.63) is 43.8 Å². The first-order valence-corrected chi connectivity index (χ1v) is 9.63. The molecule has 2 rings (SSSR count). The van der Waals surface area contributed by atoms with Gasteiger partial charge in [-0.1, -0.05) is 11.6 Å². The largest absolute Gasteiger partial charge is 0.386 e. The van der Waals surface area contributed by atoms with Crippen LogP contribution < -0.4 is 5.32 Å². The molecule has 25 heavy (non-hydrogen) atoms. The summed E-state index contributed by atoms with van der Waals surface area (Å²) < 4.78 is 3.80. The van der Waals surface area contributed by atoms with E-state index in [1.807, 2.05) is 38.2 Å². The van der Waals surface area contributed by atoms with Gasteiger partial charge < -0.3 is 19.9 Å². The van der Waals surface area contributed by atoms with Crippen LogP contribution in [0.1, 0.15) is 23.6 Å². The second kappa shape index (κ2) is 10.8. The van der Waals surface area contributed by atoms with E-state index in [0.717, 1.165) is 28.4 Å². The van der Waals surface area contributed by atoms with Gasteiger partial charge in [-0.15, -0.1) is 35.3 Å². The van der Waals surface area contributed by atoms with Gasteiger partial charge >= 0.3 is 0 Å². The van der Waals surface area contributed by atoms with Crippen LogP contribution >= 0.6 is 62.8 Å². The molecule has 0 saturated carbocycles. The van der Waals surface area contributed by atoms with Gasteiger partial charge in [0.05, 0.1) is 17.4 Å². The first kappa shape index (κ1) is 22.8. The summed E-state index contributed by atoms with van der Waals surface area (Å²) in [7, 11) is 4.00. The standard InChI is InChI=1S/C16H22BrClN4OS.HI/c1-4-19-16(20-8-13(23)14-5-6-15(18)24-14)22(3)10-12-7-11(17)9-21(12)2;/h5-7,9,13,23H,4,8,10H2,1-3H3,(H,19,20);1H. The van der Waals surface area contributed by atoms with Gasteiger partial charge in [0.25, 0.3) is 0 Å². The summed E-state index contributed by atoms with van der Waals surface area (Å²) in [4.78, 5) is 7.42. The van der Waals surface area contributed by atoms with Crippen molar-refractivity contribution in [3.63, 3.8) is 0 Å². The predicted octanol–water partition coefficient (Wildman–Crippen LogP) is 4.25. The highest BCUT2D eigenvalue weighted by molar-refractivity contribution is 14.0. The molecule has 140 valence electrons. The van der Waals surface area contributed by atoms with Gasteiger partial charge in [-0.3, -0.25) is 4.99 Å². The molecule has 0 aromatic carbocycles. The highest BCUT2D eigenvalue weighted by Gasteiger charge is 2.13. The number of hydrogen-bond acceptors (Lipinski definition) is 3. The third kappa shape index (κ3) is 6.74. The molecule has 2 N–H and O–H groups in total. The highest BCUT2D eigenvalue weighted by Crippen LogP contribution is 2.27. The molecule has 9 heteroatoms. The number of aliphatic hydroxyl groups is 1. The summed E-state index contributed by atoms with van der Waals surface area (Å²) in [5.74, 6) is 0.761. The minimum atomic E-state index is -0.645. The number of guanidine groups is 1. The highest BCUT2D eigenvalue weighted by atomic mass is 127. The number of hydrogen-bond donors (Lipinski definition) is 2. The maximum atomic E-state index is 10.3. The first-order chi connectivity index (χ1) is 11.4. The van der Waals surface area contributed by atoms with Gasteiger partial charge in [0.1, 0.15) is 6.10 Å². The zero-order valence-electron chi connectivity index (χ0n) is 14.4. The Labute approximate surface area is 183 Å². The molecule has 0 bridgehead atoms. The summed E-state index contributed by atoms with van der Waals surface area (Å²) in [5, 5.41) is 13.5. The zero-order chi connectivity index (χ0) is 17.7. The van der Waals surface area contributed by atoms with Crippen LogP contribution in [0.4, 0.5) is 0 Å². The van der Waals surface area contributed by atoms with E-state index in [4.69, 9.17) is 11.6 Å². The number of aliphatic imine (C=N–C) groups is 1. The Morgan fingerprint density at radius 1 is 1.52 bits per heavy atom. The van der Waals surface area contributed by atoms with Crippen LogP contribution in [-0.2, 0) is 13.6 Å². The molecule has 2 aromatic rings. The molecule has 0 spiro atoms. The van der Waals surface area contributed by atoms with Crippen LogP contribution in [-0.4, -0.2) is 40.7 Å². The average Bonchev–Trinajstić information content (AvgIpc) is 3.09. The van der Waals surface area contributed by atoms with Gasteiger partial charge in [-0.2, -0.15) is 0 Å². The molecule has 5 nitrogen and oxygen atoms in total. The van der Waals surface area contributed by atoms with Gasteiger partial charge in [-0.25, -0.2) is 0 Å². The summed E-state index contributed by atoms with van der Waals surface area (Å²) in [6.45, 7) is 3.80. The zero-order valence-corrected chi connectivity index (χ0v) is 19.9. The molecule has 2 aromatic heterocycles. The minimum Gasteiger partial charge on any atom is -0.386 e. The number of aliphatic hydroxyl groups excluding tert-OH is 1. The molecule has 1 unspecified atom stereocenters. The fourth-order valence-electron chi connectivity index (χ4n) is 2.28. The molecular formula is C16H23BrClIN4OS. The fourth-order valence-corrected chi connectivity index (χ4v) is 3.89.